The van der Waals surface area contributed by atoms with Gasteiger partial charge < -0.3 is 5.32 Å². The molecule has 0 saturated heterocycles. The molecule has 1 heterocycles. The summed E-state index contributed by atoms with van der Waals surface area (Å²) in [5, 5.41) is 11.9. The molecule has 0 amide bonds. The maximum Gasteiger partial charge on any atom is 0.147 e. The van der Waals surface area contributed by atoms with Crippen molar-refractivity contribution >= 4 is 5.69 Å². The van der Waals surface area contributed by atoms with Gasteiger partial charge in [0.1, 0.15) is 5.82 Å². The van der Waals surface area contributed by atoms with Gasteiger partial charge in [-0.1, -0.05) is 6.07 Å². The molecule has 3 rings (SSSR count). The monoisotopic (exact) mass is 253 g/mol. The van der Waals surface area contributed by atoms with Crippen molar-refractivity contribution in [3.63, 3.8) is 0 Å². The lowest BCUT2D eigenvalue weighted by atomic mass is 10.1. The van der Waals surface area contributed by atoms with Crippen LogP contribution in [-0.4, -0.2) is 4.98 Å². The van der Waals surface area contributed by atoms with Crippen LogP contribution in [0, 0.1) is 17.1 Å². The van der Waals surface area contributed by atoms with Gasteiger partial charge in [0.15, 0.2) is 0 Å². The van der Waals surface area contributed by atoms with Gasteiger partial charge in [-0.2, -0.15) is 5.26 Å². The highest BCUT2D eigenvalue weighted by Gasteiger charge is 2.23. The van der Waals surface area contributed by atoms with E-state index in [9.17, 15) is 4.39 Å². The zero-order valence-corrected chi connectivity index (χ0v) is 10.2. The molecule has 0 spiro atoms. The predicted octanol–water partition coefficient (Wildman–Crippen LogP) is 3.19. The molecule has 1 aliphatic rings. The van der Waals surface area contributed by atoms with Crippen LogP contribution in [0.5, 0.6) is 0 Å². The molecule has 0 aliphatic heterocycles. The first-order chi connectivity index (χ1) is 9.28. The molecule has 1 aromatic carbocycles. The maximum absolute atomic E-state index is 13.8. The molecule has 1 aliphatic carbocycles. The summed E-state index contributed by atoms with van der Waals surface area (Å²) in [6, 6.07) is 10.4. The van der Waals surface area contributed by atoms with Crippen molar-refractivity contribution in [1.29, 1.82) is 5.26 Å². The first-order valence-electron chi connectivity index (χ1n) is 6.18. The third kappa shape index (κ3) is 2.15. The number of fused-ring (bicyclic) bond motifs is 1. The van der Waals surface area contributed by atoms with E-state index >= 15 is 0 Å². The number of aryl methyl sites for hydroxylation is 1. The first kappa shape index (κ1) is 11.7. The fourth-order valence-electron chi connectivity index (χ4n) is 2.44. The minimum absolute atomic E-state index is 0.0404. The van der Waals surface area contributed by atoms with E-state index in [4.69, 9.17) is 5.26 Å². The summed E-state index contributed by atoms with van der Waals surface area (Å²) in [5.74, 6) is -0.400. The van der Waals surface area contributed by atoms with E-state index in [1.54, 1.807) is 18.3 Å². The molecular formula is C15H12FN3. The SMILES string of the molecule is N#Cc1ccc(NC2CCc3cccnc32)c(F)c1. The van der Waals surface area contributed by atoms with E-state index in [0.29, 0.717) is 11.3 Å². The Morgan fingerprint density at radius 3 is 3.05 bits per heavy atom. The molecule has 1 atom stereocenters. The van der Waals surface area contributed by atoms with Crippen LogP contribution in [0.2, 0.25) is 0 Å². The summed E-state index contributed by atoms with van der Waals surface area (Å²) in [5.41, 5.74) is 2.95. The number of rotatable bonds is 2. The highest BCUT2D eigenvalue weighted by molar-refractivity contribution is 5.51. The van der Waals surface area contributed by atoms with Crippen molar-refractivity contribution in [2.75, 3.05) is 5.32 Å². The van der Waals surface area contributed by atoms with Gasteiger partial charge in [-0.05, 0) is 42.7 Å². The number of hydrogen-bond donors (Lipinski definition) is 1. The minimum Gasteiger partial charge on any atom is -0.374 e. The zero-order valence-electron chi connectivity index (χ0n) is 10.2. The quantitative estimate of drug-likeness (QED) is 0.894. The molecule has 0 radical (unpaired) electrons. The Labute approximate surface area is 110 Å². The highest BCUT2D eigenvalue weighted by Crippen LogP contribution is 2.32. The third-order valence-corrected chi connectivity index (χ3v) is 3.39. The smallest absolute Gasteiger partial charge is 0.147 e. The number of nitriles is 1. The fourth-order valence-corrected chi connectivity index (χ4v) is 2.44. The van der Waals surface area contributed by atoms with E-state index in [2.05, 4.69) is 16.4 Å². The van der Waals surface area contributed by atoms with Crippen molar-refractivity contribution in [2.24, 2.45) is 0 Å². The van der Waals surface area contributed by atoms with Gasteiger partial charge in [-0.25, -0.2) is 4.39 Å². The van der Waals surface area contributed by atoms with Gasteiger partial charge in [0.05, 0.1) is 29.1 Å². The van der Waals surface area contributed by atoms with Crippen LogP contribution in [0.15, 0.2) is 36.5 Å². The molecule has 0 fully saturated rings. The largest absolute Gasteiger partial charge is 0.374 e. The standard InChI is InChI=1S/C15H12FN3/c16-12-8-10(9-17)3-5-13(12)19-14-6-4-11-2-1-7-18-15(11)14/h1-3,5,7-8,14,19H,4,6H2. The fraction of sp³-hybridized carbons (Fsp3) is 0.200. The zero-order chi connectivity index (χ0) is 13.2. The molecular weight excluding hydrogens is 241 g/mol. The molecule has 4 heteroatoms. The summed E-state index contributed by atoms with van der Waals surface area (Å²) in [7, 11) is 0. The van der Waals surface area contributed by atoms with Crippen molar-refractivity contribution in [3.05, 3.63) is 59.2 Å². The van der Waals surface area contributed by atoms with Gasteiger partial charge in [0, 0.05) is 6.20 Å². The Morgan fingerprint density at radius 2 is 2.26 bits per heavy atom. The van der Waals surface area contributed by atoms with Gasteiger partial charge in [-0.3, -0.25) is 4.98 Å². The summed E-state index contributed by atoms with van der Waals surface area (Å²) in [6.45, 7) is 0. The third-order valence-electron chi connectivity index (χ3n) is 3.39. The van der Waals surface area contributed by atoms with Crippen LogP contribution in [0.4, 0.5) is 10.1 Å². The Hall–Kier alpha value is -2.41. The van der Waals surface area contributed by atoms with Crippen LogP contribution >= 0.6 is 0 Å². The normalized spacial score (nSPS) is 16.7. The summed E-state index contributed by atoms with van der Waals surface area (Å²) >= 11 is 0. The number of anilines is 1. The molecule has 3 nitrogen and oxygen atoms in total. The molecule has 94 valence electrons. The van der Waals surface area contributed by atoms with Crippen LogP contribution in [0.25, 0.3) is 0 Å². The van der Waals surface area contributed by atoms with Crippen LogP contribution in [0.3, 0.4) is 0 Å². The molecule has 1 unspecified atom stereocenters. The number of pyridine rings is 1. The lowest BCUT2D eigenvalue weighted by Crippen LogP contribution is -2.09. The Balaban J connectivity index is 1.86. The van der Waals surface area contributed by atoms with Gasteiger partial charge >= 0.3 is 0 Å². The predicted molar refractivity (Wildman–Crippen MR) is 70.0 cm³/mol. The number of hydrogen-bond acceptors (Lipinski definition) is 3. The Kier molecular flexibility index (Phi) is 2.88. The second kappa shape index (κ2) is 4.69. The number of halogens is 1. The van der Waals surface area contributed by atoms with E-state index in [-0.39, 0.29) is 6.04 Å². The molecule has 2 aromatic rings. The topological polar surface area (TPSA) is 48.7 Å². The Bertz CT molecular complexity index is 661. The molecule has 19 heavy (non-hydrogen) atoms. The molecule has 0 saturated carbocycles. The Morgan fingerprint density at radius 1 is 1.37 bits per heavy atom. The molecule has 0 bridgehead atoms. The van der Waals surface area contributed by atoms with E-state index in [1.165, 1.54) is 11.6 Å². The van der Waals surface area contributed by atoms with Crippen LogP contribution in [-0.2, 0) is 6.42 Å². The van der Waals surface area contributed by atoms with Crippen LogP contribution in [0.1, 0.15) is 29.3 Å². The van der Waals surface area contributed by atoms with E-state index < -0.39 is 5.82 Å². The lowest BCUT2D eigenvalue weighted by molar-refractivity contribution is 0.623. The highest BCUT2D eigenvalue weighted by atomic mass is 19.1. The van der Waals surface area contributed by atoms with Crippen molar-refractivity contribution < 1.29 is 4.39 Å². The number of aromatic nitrogens is 1. The number of nitrogens with one attached hydrogen (secondary N) is 1. The number of nitrogens with zero attached hydrogens (tertiary/aromatic N) is 2. The van der Waals surface area contributed by atoms with Gasteiger partial charge in [0.25, 0.3) is 0 Å². The second-order valence-electron chi connectivity index (χ2n) is 4.59. The average Bonchev–Trinajstić information content (AvgIpc) is 2.84. The van der Waals surface area contributed by atoms with Crippen molar-refractivity contribution in [2.45, 2.75) is 18.9 Å². The average molecular weight is 253 g/mol. The second-order valence-corrected chi connectivity index (χ2v) is 4.59. The summed E-state index contributed by atoms with van der Waals surface area (Å²) < 4.78 is 13.8. The summed E-state index contributed by atoms with van der Waals surface area (Å²) in [4.78, 5) is 4.36. The first-order valence-corrected chi connectivity index (χ1v) is 6.18. The van der Waals surface area contributed by atoms with Crippen molar-refractivity contribution in [3.8, 4) is 6.07 Å². The van der Waals surface area contributed by atoms with Gasteiger partial charge in [-0.15, -0.1) is 0 Å². The van der Waals surface area contributed by atoms with E-state index in [0.717, 1.165) is 18.5 Å². The van der Waals surface area contributed by atoms with E-state index in [1.807, 2.05) is 12.1 Å². The molecule has 1 aromatic heterocycles. The van der Waals surface area contributed by atoms with Gasteiger partial charge in [0.2, 0.25) is 0 Å². The lowest BCUT2D eigenvalue weighted by Gasteiger charge is -2.15. The van der Waals surface area contributed by atoms with Crippen molar-refractivity contribution in [1.82, 2.24) is 4.98 Å². The maximum atomic E-state index is 13.8. The minimum atomic E-state index is -0.400. The van der Waals surface area contributed by atoms with Crippen LogP contribution < -0.4 is 5.32 Å². The summed E-state index contributed by atoms with van der Waals surface area (Å²) in [6.07, 6.45) is 3.62. The molecule has 1 N–H and O–H groups in total. The number of benzene rings is 1.